The molecule has 1 heterocycles. The molecule has 0 radical (unpaired) electrons. The van der Waals surface area contributed by atoms with E-state index < -0.39 is 10.0 Å². The van der Waals surface area contributed by atoms with E-state index in [2.05, 4.69) is 20.7 Å². The maximum atomic E-state index is 12.0. The van der Waals surface area contributed by atoms with Gasteiger partial charge in [0.15, 0.2) is 0 Å². The van der Waals surface area contributed by atoms with E-state index in [1.807, 2.05) is 27.7 Å². The van der Waals surface area contributed by atoms with Crippen molar-refractivity contribution in [2.24, 2.45) is 5.41 Å². The van der Waals surface area contributed by atoms with Crippen molar-refractivity contribution in [1.29, 1.82) is 0 Å². The van der Waals surface area contributed by atoms with Gasteiger partial charge in [0.1, 0.15) is 4.21 Å². The van der Waals surface area contributed by atoms with Gasteiger partial charge in [-0.05, 0) is 40.4 Å². The molecule has 92 valence electrons. The van der Waals surface area contributed by atoms with Crippen LogP contribution >= 0.6 is 27.3 Å². The van der Waals surface area contributed by atoms with Gasteiger partial charge in [0.25, 0.3) is 0 Å². The monoisotopic (exact) mass is 325 g/mol. The van der Waals surface area contributed by atoms with Gasteiger partial charge in [-0.1, -0.05) is 20.8 Å². The maximum Gasteiger partial charge on any atom is 0.250 e. The largest absolute Gasteiger partial charge is 0.250 e. The van der Waals surface area contributed by atoms with Crippen LogP contribution in [0.3, 0.4) is 0 Å². The second-order valence-corrected chi connectivity index (χ2v) is 9.17. The molecular weight excluding hydrogens is 310 g/mol. The van der Waals surface area contributed by atoms with E-state index in [0.29, 0.717) is 4.21 Å². The zero-order valence-electron chi connectivity index (χ0n) is 9.74. The van der Waals surface area contributed by atoms with Crippen molar-refractivity contribution in [3.05, 3.63) is 15.9 Å². The zero-order valence-corrected chi connectivity index (χ0v) is 13.0. The summed E-state index contributed by atoms with van der Waals surface area (Å²) >= 11 is 4.47. The number of sulfonamides is 1. The van der Waals surface area contributed by atoms with Gasteiger partial charge < -0.3 is 0 Å². The Morgan fingerprint density at radius 2 is 1.94 bits per heavy atom. The molecule has 0 aliphatic heterocycles. The van der Waals surface area contributed by atoms with Crippen LogP contribution in [-0.4, -0.2) is 14.5 Å². The van der Waals surface area contributed by atoms with Crippen LogP contribution in [0.25, 0.3) is 0 Å². The summed E-state index contributed by atoms with van der Waals surface area (Å²) < 4.78 is 27.8. The predicted octanol–water partition coefficient (Wildman–Crippen LogP) is 3.22. The Bertz CT molecular complexity index is 459. The Morgan fingerprint density at radius 1 is 1.38 bits per heavy atom. The highest BCUT2D eigenvalue weighted by molar-refractivity contribution is 9.11. The van der Waals surface area contributed by atoms with Gasteiger partial charge in [0, 0.05) is 6.04 Å². The van der Waals surface area contributed by atoms with E-state index in [4.69, 9.17) is 0 Å². The van der Waals surface area contributed by atoms with Crippen LogP contribution in [-0.2, 0) is 10.0 Å². The van der Waals surface area contributed by atoms with Gasteiger partial charge >= 0.3 is 0 Å². The number of hydrogen-bond acceptors (Lipinski definition) is 3. The molecule has 0 aromatic carbocycles. The molecule has 0 spiro atoms. The molecule has 0 aliphatic carbocycles. The summed E-state index contributed by atoms with van der Waals surface area (Å²) in [5.74, 6) is 0. The fourth-order valence-corrected chi connectivity index (χ4v) is 4.39. The fraction of sp³-hybridized carbons (Fsp3) is 0.600. The molecule has 3 nitrogen and oxygen atoms in total. The molecule has 0 bridgehead atoms. The van der Waals surface area contributed by atoms with Crippen molar-refractivity contribution in [2.45, 2.75) is 37.9 Å². The van der Waals surface area contributed by atoms with E-state index in [-0.39, 0.29) is 11.5 Å². The normalized spacial score (nSPS) is 15.1. The quantitative estimate of drug-likeness (QED) is 0.927. The summed E-state index contributed by atoms with van der Waals surface area (Å²) in [4.78, 5) is 0. The topological polar surface area (TPSA) is 46.2 Å². The van der Waals surface area contributed by atoms with Gasteiger partial charge in [-0.3, -0.25) is 0 Å². The van der Waals surface area contributed by atoms with Crippen LogP contribution in [0.2, 0.25) is 0 Å². The summed E-state index contributed by atoms with van der Waals surface area (Å²) in [7, 11) is -3.38. The molecule has 0 saturated carbocycles. The smallest absolute Gasteiger partial charge is 0.207 e. The lowest BCUT2D eigenvalue weighted by atomic mass is 9.89. The molecule has 0 aliphatic rings. The number of rotatable bonds is 3. The highest BCUT2D eigenvalue weighted by atomic mass is 79.9. The van der Waals surface area contributed by atoms with Crippen LogP contribution in [0.5, 0.6) is 0 Å². The van der Waals surface area contributed by atoms with Gasteiger partial charge in [-0.15, -0.1) is 11.3 Å². The fourth-order valence-electron chi connectivity index (χ4n) is 0.910. The number of nitrogens with one attached hydrogen (secondary N) is 1. The second-order valence-electron chi connectivity index (χ2n) is 4.77. The van der Waals surface area contributed by atoms with Gasteiger partial charge in [-0.25, -0.2) is 13.1 Å². The van der Waals surface area contributed by atoms with Crippen LogP contribution in [0, 0.1) is 5.41 Å². The molecule has 0 fully saturated rings. The minimum absolute atomic E-state index is 0.0957. The third-order valence-corrected chi connectivity index (χ3v) is 6.10. The molecule has 6 heteroatoms. The van der Waals surface area contributed by atoms with Crippen LogP contribution < -0.4 is 4.72 Å². The Labute approximate surface area is 109 Å². The van der Waals surface area contributed by atoms with Crippen molar-refractivity contribution >= 4 is 37.3 Å². The van der Waals surface area contributed by atoms with Crippen molar-refractivity contribution in [1.82, 2.24) is 4.72 Å². The SMILES string of the molecule is CC(NS(=O)(=O)c1ccc(Br)s1)C(C)(C)C. The minimum Gasteiger partial charge on any atom is -0.207 e. The first-order valence-electron chi connectivity index (χ1n) is 4.90. The van der Waals surface area contributed by atoms with E-state index in [0.717, 1.165) is 3.79 Å². The molecule has 1 aromatic rings. The molecule has 1 N–H and O–H groups in total. The third kappa shape index (κ3) is 3.55. The highest BCUT2D eigenvalue weighted by Crippen LogP contribution is 2.27. The lowest BCUT2D eigenvalue weighted by Crippen LogP contribution is -2.41. The molecule has 1 rings (SSSR count). The molecule has 0 amide bonds. The number of hydrogen-bond donors (Lipinski definition) is 1. The second kappa shape index (κ2) is 4.76. The van der Waals surface area contributed by atoms with Gasteiger partial charge in [0.05, 0.1) is 3.79 Å². The highest BCUT2D eigenvalue weighted by Gasteiger charge is 2.26. The predicted molar refractivity (Wildman–Crippen MR) is 71.3 cm³/mol. The zero-order chi connectivity index (χ0) is 12.6. The molecule has 1 aromatic heterocycles. The summed E-state index contributed by atoms with van der Waals surface area (Å²) in [6.07, 6.45) is 0. The van der Waals surface area contributed by atoms with Crippen molar-refractivity contribution < 1.29 is 8.42 Å². The summed E-state index contributed by atoms with van der Waals surface area (Å²) in [5, 5.41) is 0. The van der Waals surface area contributed by atoms with E-state index in [1.165, 1.54) is 11.3 Å². The average Bonchev–Trinajstić information content (AvgIpc) is 2.49. The van der Waals surface area contributed by atoms with Crippen LogP contribution in [0.15, 0.2) is 20.1 Å². The molecule has 1 unspecified atom stereocenters. The van der Waals surface area contributed by atoms with Crippen molar-refractivity contribution in [3.63, 3.8) is 0 Å². The summed E-state index contributed by atoms with van der Waals surface area (Å²) in [6, 6.07) is 3.23. The van der Waals surface area contributed by atoms with Crippen LogP contribution in [0.4, 0.5) is 0 Å². The average molecular weight is 326 g/mol. The Balaban J connectivity index is 2.89. The minimum atomic E-state index is -3.38. The lowest BCUT2D eigenvalue weighted by molar-refractivity contribution is 0.318. The first-order chi connectivity index (χ1) is 7.13. The first-order valence-corrected chi connectivity index (χ1v) is 8.00. The van der Waals surface area contributed by atoms with E-state index in [1.54, 1.807) is 12.1 Å². The molecule has 16 heavy (non-hydrogen) atoms. The van der Waals surface area contributed by atoms with Crippen LogP contribution in [0.1, 0.15) is 27.7 Å². The summed E-state index contributed by atoms with van der Waals surface area (Å²) in [6.45, 7) is 7.89. The van der Waals surface area contributed by atoms with Crippen molar-refractivity contribution in [2.75, 3.05) is 0 Å². The maximum absolute atomic E-state index is 12.0. The lowest BCUT2D eigenvalue weighted by Gasteiger charge is -2.27. The summed E-state index contributed by atoms with van der Waals surface area (Å²) in [5.41, 5.74) is -0.0957. The molecule has 1 atom stereocenters. The van der Waals surface area contributed by atoms with E-state index in [9.17, 15) is 8.42 Å². The van der Waals surface area contributed by atoms with E-state index >= 15 is 0 Å². The first kappa shape index (κ1) is 14.2. The number of halogens is 1. The van der Waals surface area contributed by atoms with Gasteiger partial charge in [-0.2, -0.15) is 0 Å². The Morgan fingerprint density at radius 3 is 2.31 bits per heavy atom. The van der Waals surface area contributed by atoms with Crippen molar-refractivity contribution in [3.8, 4) is 0 Å². The Hall–Kier alpha value is 0.0900. The standard InChI is InChI=1S/C10H16BrNO2S2/c1-7(10(2,3)4)12-16(13,14)9-6-5-8(11)15-9/h5-7,12H,1-4H3. The van der Waals surface area contributed by atoms with Gasteiger partial charge in [0.2, 0.25) is 10.0 Å². The molecule has 0 saturated heterocycles. The number of thiophene rings is 1. The third-order valence-electron chi connectivity index (χ3n) is 2.44. The Kier molecular flexibility index (Phi) is 4.21. The molecular formula is C10H16BrNO2S2.